The lowest BCUT2D eigenvalue weighted by molar-refractivity contribution is 0.102. The van der Waals surface area contributed by atoms with E-state index in [1.165, 1.54) is 10.9 Å². The van der Waals surface area contributed by atoms with E-state index in [0.29, 0.717) is 6.07 Å². The fraction of sp³-hybridized carbons (Fsp3) is 0.100. The van der Waals surface area contributed by atoms with Crippen LogP contribution in [-0.2, 0) is 7.05 Å². The van der Waals surface area contributed by atoms with Crippen molar-refractivity contribution in [3.63, 3.8) is 0 Å². The van der Waals surface area contributed by atoms with Crippen LogP contribution in [0.3, 0.4) is 0 Å². The van der Waals surface area contributed by atoms with Crippen LogP contribution < -0.4 is 5.32 Å². The Morgan fingerprint density at radius 3 is 2.76 bits per heavy atom. The highest BCUT2D eigenvalue weighted by Gasteiger charge is 2.13. The first kappa shape index (κ1) is 11.2. The van der Waals surface area contributed by atoms with Gasteiger partial charge in [-0.25, -0.2) is 8.78 Å². The summed E-state index contributed by atoms with van der Waals surface area (Å²) in [7, 11) is 1.63. The predicted molar refractivity (Wildman–Crippen MR) is 55.3 cm³/mol. The zero-order chi connectivity index (χ0) is 12.4. The Labute approximate surface area is 95.1 Å². The molecule has 0 spiro atoms. The van der Waals surface area contributed by atoms with Crippen molar-refractivity contribution in [2.75, 3.05) is 5.32 Å². The molecule has 0 bridgehead atoms. The minimum Gasteiger partial charge on any atom is -0.304 e. The van der Waals surface area contributed by atoms with Gasteiger partial charge in [0.05, 0.1) is 11.8 Å². The molecule has 2 rings (SSSR count). The van der Waals surface area contributed by atoms with Crippen molar-refractivity contribution < 1.29 is 13.6 Å². The normalized spacial score (nSPS) is 10.3. The molecule has 0 saturated carbocycles. The first-order valence-corrected chi connectivity index (χ1v) is 4.69. The van der Waals surface area contributed by atoms with Crippen molar-refractivity contribution >= 4 is 11.7 Å². The number of rotatable bonds is 2. The molecular formula is C10H8F2N4O. The molecule has 1 amide bonds. The van der Waals surface area contributed by atoms with E-state index >= 15 is 0 Å². The maximum Gasteiger partial charge on any atom is 0.259 e. The summed E-state index contributed by atoms with van der Waals surface area (Å²) >= 11 is 0. The van der Waals surface area contributed by atoms with Gasteiger partial charge in [0.2, 0.25) is 0 Å². The Kier molecular flexibility index (Phi) is 2.82. The van der Waals surface area contributed by atoms with E-state index in [9.17, 15) is 13.6 Å². The molecule has 0 aliphatic carbocycles. The predicted octanol–water partition coefficient (Wildman–Crippen LogP) is 1.35. The highest BCUT2D eigenvalue weighted by Crippen LogP contribution is 2.11. The van der Waals surface area contributed by atoms with Crippen molar-refractivity contribution in [1.82, 2.24) is 15.0 Å². The number of anilines is 1. The van der Waals surface area contributed by atoms with Gasteiger partial charge >= 0.3 is 0 Å². The number of nitrogens with one attached hydrogen (secondary N) is 1. The molecule has 0 saturated heterocycles. The fourth-order valence-corrected chi connectivity index (χ4v) is 1.26. The van der Waals surface area contributed by atoms with Crippen LogP contribution in [0.2, 0.25) is 0 Å². The Hall–Kier alpha value is -2.31. The molecule has 88 valence electrons. The summed E-state index contributed by atoms with van der Waals surface area (Å²) in [4.78, 5) is 11.6. The van der Waals surface area contributed by atoms with Crippen molar-refractivity contribution in [3.05, 3.63) is 41.6 Å². The van der Waals surface area contributed by atoms with Gasteiger partial charge in [0.15, 0.2) is 5.82 Å². The van der Waals surface area contributed by atoms with Crippen molar-refractivity contribution in [2.24, 2.45) is 7.05 Å². The Bertz CT molecular complexity index is 567. The van der Waals surface area contributed by atoms with Crippen LogP contribution in [0.15, 0.2) is 24.4 Å². The Balaban J connectivity index is 2.20. The number of nitrogens with zero attached hydrogens (tertiary/aromatic N) is 3. The van der Waals surface area contributed by atoms with Crippen molar-refractivity contribution in [2.45, 2.75) is 0 Å². The Morgan fingerprint density at radius 1 is 1.41 bits per heavy atom. The highest BCUT2D eigenvalue weighted by atomic mass is 19.1. The average molecular weight is 238 g/mol. The third kappa shape index (κ3) is 2.44. The second kappa shape index (κ2) is 4.28. The highest BCUT2D eigenvalue weighted by molar-refractivity contribution is 6.03. The van der Waals surface area contributed by atoms with Crippen LogP contribution in [0, 0.1) is 11.6 Å². The molecule has 17 heavy (non-hydrogen) atoms. The monoisotopic (exact) mass is 238 g/mol. The maximum absolute atomic E-state index is 13.3. The number of aromatic nitrogens is 3. The molecule has 0 atom stereocenters. The van der Waals surface area contributed by atoms with Crippen LogP contribution in [-0.4, -0.2) is 20.9 Å². The summed E-state index contributed by atoms with van der Waals surface area (Å²) in [6.45, 7) is 0. The number of amides is 1. The van der Waals surface area contributed by atoms with Gasteiger partial charge in [-0.05, 0) is 12.1 Å². The van der Waals surface area contributed by atoms with E-state index in [1.54, 1.807) is 7.05 Å². The maximum atomic E-state index is 13.3. The van der Waals surface area contributed by atoms with Gasteiger partial charge < -0.3 is 5.32 Å². The second-order valence-electron chi connectivity index (χ2n) is 3.36. The van der Waals surface area contributed by atoms with E-state index in [4.69, 9.17) is 0 Å². The quantitative estimate of drug-likeness (QED) is 0.859. The summed E-state index contributed by atoms with van der Waals surface area (Å²) < 4.78 is 27.3. The third-order valence-electron chi connectivity index (χ3n) is 2.02. The van der Waals surface area contributed by atoms with Crippen LogP contribution in [0.1, 0.15) is 10.4 Å². The molecule has 0 aliphatic rings. The minimum atomic E-state index is -0.925. The van der Waals surface area contributed by atoms with E-state index < -0.39 is 17.5 Å². The summed E-state index contributed by atoms with van der Waals surface area (Å²) in [5.74, 6) is -2.17. The van der Waals surface area contributed by atoms with E-state index in [1.807, 2.05) is 0 Å². The van der Waals surface area contributed by atoms with E-state index in [-0.39, 0.29) is 11.4 Å². The van der Waals surface area contributed by atoms with Crippen molar-refractivity contribution in [3.8, 4) is 0 Å². The standard InChI is InChI=1S/C10H8F2N4O/c1-16-5-9(14-15-16)13-10(17)7-3-2-6(11)4-8(7)12/h2-5H,1H3,(H,13,17). The summed E-state index contributed by atoms with van der Waals surface area (Å²) in [5.41, 5.74) is -0.253. The topological polar surface area (TPSA) is 59.8 Å². The first-order chi connectivity index (χ1) is 8.06. The molecule has 2 aromatic rings. The molecule has 0 fully saturated rings. The average Bonchev–Trinajstić information content (AvgIpc) is 2.63. The van der Waals surface area contributed by atoms with Crippen molar-refractivity contribution in [1.29, 1.82) is 0 Å². The zero-order valence-electron chi connectivity index (χ0n) is 8.82. The molecular weight excluding hydrogens is 230 g/mol. The van der Waals surface area contributed by atoms with Gasteiger partial charge in [0, 0.05) is 13.1 Å². The number of hydrogen-bond donors (Lipinski definition) is 1. The zero-order valence-corrected chi connectivity index (χ0v) is 8.82. The molecule has 1 aromatic heterocycles. The molecule has 0 unspecified atom stereocenters. The number of carbonyl (C=O) groups is 1. The van der Waals surface area contributed by atoms with Gasteiger partial charge in [0.1, 0.15) is 11.6 Å². The number of halogens is 2. The second-order valence-corrected chi connectivity index (χ2v) is 3.36. The minimum absolute atomic E-state index is 0.196. The SMILES string of the molecule is Cn1cc(NC(=O)c2ccc(F)cc2F)nn1. The lowest BCUT2D eigenvalue weighted by Gasteiger charge is -2.02. The molecule has 7 heteroatoms. The van der Waals surface area contributed by atoms with Gasteiger partial charge in [-0.1, -0.05) is 5.21 Å². The number of hydrogen-bond acceptors (Lipinski definition) is 3. The van der Waals surface area contributed by atoms with Crippen LogP contribution in [0.25, 0.3) is 0 Å². The molecule has 1 heterocycles. The molecule has 5 nitrogen and oxygen atoms in total. The summed E-state index contributed by atoms with van der Waals surface area (Å²) in [5, 5.41) is 9.55. The lowest BCUT2D eigenvalue weighted by Crippen LogP contribution is -2.14. The van der Waals surface area contributed by atoms with Gasteiger partial charge in [0.25, 0.3) is 5.91 Å². The van der Waals surface area contributed by atoms with Gasteiger partial charge in [-0.15, -0.1) is 5.10 Å². The third-order valence-corrected chi connectivity index (χ3v) is 2.02. The van der Waals surface area contributed by atoms with Crippen LogP contribution in [0.5, 0.6) is 0 Å². The summed E-state index contributed by atoms with van der Waals surface area (Å²) in [6.07, 6.45) is 1.46. The van der Waals surface area contributed by atoms with Crippen LogP contribution >= 0.6 is 0 Å². The molecule has 0 aliphatic heterocycles. The number of aryl methyl sites for hydroxylation is 1. The number of benzene rings is 1. The fourth-order valence-electron chi connectivity index (χ4n) is 1.26. The molecule has 1 aromatic carbocycles. The smallest absolute Gasteiger partial charge is 0.259 e. The molecule has 1 N–H and O–H groups in total. The lowest BCUT2D eigenvalue weighted by atomic mass is 10.2. The Morgan fingerprint density at radius 2 is 2.18 bits per heavy atom. The first-order valence-electron chi connectivity index (χ1n) is 4.69. The van der Waals surface area contributed by atoms with Gasteiger partial charge in [-0.3, -0.25) is 9.48 Å². The number of carbonyl (C=O) groups excluding carboxylic acids is 1. The van der Waals surface area contributed by atoms with E-state index in [2.05, 4.69) is 15.6 Å². The van der Waals surface area contributed by atoms with Gasteiger partial charge in [-0.2, -0.15) is 0 Å². The van der Waals surface area contributed by atoms with Crippen LogP contribution in [0.4, 0.5) is 14.6 Å². The summed E-state index contributed by atoms with van der Waals surface area (Å²) in [6, 6.07) is 2.72. The largest absolute Gasteiger partial charge is 0.304 e. The van der Waals surface area contributed by atoms with E-state index in [0.717, 1.165) is 12.1 Å². The molecule has 0 radical (unpaired) electrons.